The maximum atomic E-state index is 2.38. The summed E-state index contributed by atoms with van der Waals surface area (Å²) >= 11 is 0. The Morgan fingerprint density at radius 2 is 1.73 bits per heavy atom. The topological polar surface area (TPSA) is 0 Å². The van der Waals surface area contributed by atoms with Crippen molar-refractivity contribution in [1.29, 1.82) is 0 Å². The van der Waals surface area contributed by atoms with Gasteiger partial charge in [-0.3, -0.25) is 0 Å². The summed E-state index contributed by atoms with van der Waals surface area (Å²) in [7, 11) is 0. The van der Waals surface area contributed by atoms with E-state index in [0.717, 1.165) is 11.8 Å². The van der Waals surface area contributed by atoms with E-state index in [1.165, 1.54) is 31.2 Å². The van der Waals surface area contributed by atoms with Crippen LogP contribution >= 0.6 is 0 Å². The molecule has 1 aromatic carbocycles. The molecular formula is C15H24. The number of benzene rings is 1. The first-order valence-corrected chi connectivity index (χ1v) is 6.34. The van der Waals surface area contributed by atoms with Gasteiger partial charge in [0, 0.05) is 0 Å². The Balaban J connectivity index is 2.72. The number of unbranched alkanes of at least 4 members (excludes halogenated alkanes) is 1. The molecule has 0 N–H and O–H groups in total. The molecule has 15 heavy (non-hydrogen) atoms. The fourth-order valence-corrected chi connectivity index (χ4v) is 2.19. The maximum Gasteiger partial charge on any atom is -0.0136 e. The van der Waals surface area contributed by atoms with E-state index >= 15 is 0 Å². The van der Waals surface area contributed by atoms with E-state index < -0.39 is 0 Å². The molecule has 0 fully saturated rings. The average Bonchev–Trinajstić information content (AvgIpc) is 2.30. The summed E-state index contributed by atoms with van der Waals surface area (Å²) in [6.45, 7) is 6.96. The third kappa shape index (κ3) is 3.70. The smallest absolute Gasteiger partial charge is 0.0136 e. The average molecular weight is 204 g/mol. The van der Waals surface area contributed by atoms with Gasteiger partial charge in [-0.05, 0) is 23.8 Å². The van der Waals surface area contributed by atoms with Crippen LogP contribution in [0.1, 0.15) is 57.9 Å². The Morgan fingerprint density at radius 1 is 1.07 bits per heavy atom. The van der Waals surface area contributed by atoms with Crippen molar-refractivity contribution in [2.45, 2.75) is 52.4 Å². The van der Waals surface area contributed by atoms with Crippen molar-refractivity contribution in [2.75, 3.05) is 0 Å². The Kier molecular flexibility index (Phi) is 5.45. The summed E-state index contributed by atoms with van der Waals surface area (Å²) < 4.78 is 0. The van der Waals surface area contributed by atoms with Gasteiger partial charge in [-0.2, -0.15) is 0 Å². The lowest BCUT2D eigenvalue weighted by molar-refractivity contribution is 0.411. The van der Waals surface area contributed by atoms with E-state index in [-0.39, 0.29) is 0 Å². The van der Waals surface area contributed by atoms with Crippen molar-refractivity contribution in [2.24, 2.45) is 5.92 Å². The molecule has 0 saturated heterocycles. The summed E-state index contributed by atoms with van der Waals surface area (Å²) in [5.74, 6) is 1.56. The van der Waals surface area contributed by atoms with Crippen molar-refractivity contribution in [3.05, 3.63) is 35.9 Å². The van der Waals surface area contributed by atoms with Crippen molar-refractivity contribution in [3.8, 4) is 0 Å². The second-order valence-electron chi connectivity index (χ2n) is 4.54. The highest BCUT2D eigenvalue weighted by Gasteiger charge is 2.16. The van der Waals surface area contributed by atoms with E-state index in [4.69, 9.17) is 0 Å². The molecule has 0 aliphatic carbocycles. The van der Waals surface area contributed by atoms with Gasteiger partial charge >= 0.3 is 0 Å². The third-order valence-corrected chi connectivity index (χ3v) is 3.43. The normalized spacial score (nSPS) is 14.9. The van der Waals surface area contributed by atoms with Gasteiger partial charge in [-0.15, -0.1) is 0 Å². The van der Waals surface area contributed by atoms with Crippen molar-refractivity contribution >= 4 is 0 Å². The predicted molar refractivity (Wildman–Crippen MR) is 68.2 cm³/mol. The number of rotatable bonds is 6. The number of hydrogen-bond acceptors (Lipinski definition) is 0. The summed E-state index contributed by atoms with van der Waals surface area (Å²) in [6.07, 6.45) is 5.28. The molecule has 2 unspecified atom stereocenters. The van der Waals surface area contributed by atoms with Crippen LogP contribution in [0.3, 0.4) is 0 Å². The first kappa shape index (κ1) is 12.3. The molecule has 1 aromatic rings. The van der Waals surface area contributed by atoms with Crippen LogP contribution < -0.4 is 0 Å². The molecule has 84 valence electrons. The molecule has 0 saturated carbocycles. The molecule has 1 rings (SSSR count). The molecule has 2 atom stereocenters. The quantitative estimate of drug-likeness (QED) is 0.611. The molecule has 0 heterocycles. The molecule has 0 amide bonds. The standard InChI is InChI=1S/C15H24/c1-4-6-12-15(13(3)5-2)14-10-8-7-9-11-14/h7-11,13,15H,4-6,12H2,1-3H3. The highest BCUT2D eigenvalue weighted by molar-refractivity contribution is 5.20. The van der Waals surface area contributed by atoms with Gasteiger partial charge in [0.15, 0.2) is 0 Å². The van der Waals surface area contributed by atoms with Crippen LogP contribution in [0.15, 0.2) is 30.3 Å². The summed E-state index contributed by atoms with van der Waals surface area (Å²) in [5, 5.41) is 0. The van der Waals surface area contributed by atoms with Crippen LogP contribution in [-0.2, 0) is 0 Å². The zero-order valence-corrected chi connectivity index (χ0v) is 10.4. The van der Waals surface area contributed by atoms with Crippen molar-refractivity contribution in [3.63, 3.8) is 0 Å². The van der Waals surface area contributed by atoms with Gasteiger partial charge in [0.1, 0.15) is 0 Å². The highest BCUT2D eigenvalue weighted by atomic mass is 14.2. The fourth-order valence-electron chi connectivity index (χ4n) is 2.19. The van der Waals surface area contributed by atoms with Gasteiger partial charge < -0.3 is 0 Å². The SMILES string of the molecule is CCCCC(c1ccccc1)C(C)CC. The predicted octanol–water partition coefficient (Wildman–Crippen LogP) is 5.01. The van der Waals surface area contributed by atoms with E-state index in [2.05, 4.69) is 51.1 Å². The summed E-state index contributed by atoms with van der Waals surface area (Å²) in [4.78, 5) is 0. The van der Waals surface area contributed by atoms with Gasteiger partial charge in [0.2, 0.25) is 0 Å². The van der Waals surface area contributed by atoms with E-state index in [0.29, 0.717) is 0 Å². The molecule has 0 aromatic heterocycles. The minimum atomic E-state index is 0.760. The highest BCUT2D eigenvalue weighted by Crippen LogP contribution is 2.31. The largest absolute Gasteiger partial charge is 0.0654 e. The number of hydrogen-bond donors (Lipinski definition) is 0. The second-order valence-corrected chi connectivity index (χ2v) is 4.54. The Morgan fingerprint density at radius 3 is 2.27 bits per heavy atom. The molecule has 0 aliphatic heterocycles. The monoisotopic (exact) mass is 204 g/mol. The fraction of sp³-hybridized carbons (Fsp3) is 0.600. The van der Waals surface area contributed by atoms with Crippen molar-refractivity contribution < 1.29 is 0 Å². The lowest BCUT2D eigenvalue weighted by Crippen LogP contribution is -2.09. The first-order chi connectivity index (χ1) is 7.29. The van der Waals surface area contributed by atoms with E-state index in [1.807, 2.05) is 0 Å². The van der Waals surface area contributed by atoms with Gasteiger partial charge in [0.05, 0.1) is 0 Å². The van der Waals surface area contributed by atoms with Gasteiger partial charge in [0.25, 0.3) is 0 Å². The lowest BCUT2D eigenvalue weighted by Gasteiger charge is -2.23. The first-order valence-electron chi connectivity index (χ1n) is 6.34. The molecule has 0 nitrogen and oxygen atoms in total. The molecule has 0 aliphatic rings. The Hall–Kier alpha value is -0.780. The second kappa shape index (κ2) is 6.66. The Labute approximate surface area is 94.7 Å². The van der Waals surface area contributed by atoms with Crippen LogP contribution in [0.25, 0.3) is 0 Å². The zero-order valence-electron chi connectivity index (χ0n) is 10.4. The van der Waals surface area contributed by atoms with Crippen LogP contribution in [0.2, 0.25) is 0 Å². The van der Waals surface area contributed by atoms with Crippen LogP contribution in [-0.4, -0.2) is 0 Å². The summed E-state index contributed by atoms with van der Waals surface area (Å²) in [6, 6.07) is 11.0. The van der Waals surface area contributed by atoms with Crippen molar-refractivity contribution in [1.82, 2.24) is 0 Å². The van der Waals surface area contributed by atoms with Gasteiger partial charge in [-0.1, -0.05) is 70.4 Å². The molecule has 0 radical (unpaired) electrons. The van der Waals surface area contributed by atoms with E-state index in [1.54, 1.807) is 0 Å². The van der Waals surface area contributed by atoms with Crippen LogP contribution in [0.5, 0.6) is 0 Å². The van der Waals surface area contributed by atoms with Gasteiger partial charge in [-0.25, -0.2) is 0 Å². The van der Waals surface area contributed by atoms with Crippen LogP contribution in [0, 0.1) is 5.92 Å². The lowest BCUT2D eigenvalue weighted by atomic mass is 9.82. The zero-order chi connectivity index (χ0) is 11.1. The molecule has 0 spiro atoms. The van der Waals surface area contributed by atoms with E-state index in [9.17, 15) is 0 Å². The third-order valence-electron chi connectivity index (χ3n) is 3.43. The van der Waals surface area contributed by atoms with Crippen LogP contribution in [0.4, 0.5) is 0 Å². The molecular weight excluding hydrogens is 180 g/mol. The summed E-state index contributed by atoms with van der Waals surface area (Å²) in [5.41, 5.74) is 1.53. The minimum Gasteiger partial charge on any atom is -0.0654 e. The molecule has 0 heteroatoms. The molecule has 0 bridgehead atoms. The Bertz CT molecular complexity index is 250. The minimum absolute atomic E-state index is 0.760. The maximum absolute atomic E-state index is 2.38.